The number of carbonyl (C=O) groups is 2. The summed E-state index contributed by atoms with van der Waals surface area (Å²) in [4.78, 5) is 22.3. The quantitative estimate of drug-likeness (QED) is 0.670. The number of hydrogen-bond donors (Lipinski definition) is 3. The van der Waals surface area contributed by atoms with Crippen molar-refractivity contribution in [2.45, 2.75) is 32.9 Å². The van der Waals surface area contributed by atoms with Gasteiger partial charge in [0.25, 0.3) is 0 Å². The molecule has 0 aliphatic carbocycles. The Balaban J connectivity index is 2.45. The summed E-state index contributed by atoms with van der Waals surface area (Å²) in [6.45, 7) is 6.14. The first kappa shape index (κ1) is 14.2. The first-order valence-corrected chi connectivity index (χ1v) is 5.62. The predicted octanol–water partition coefficient (Wildman–Crippen LogP) is -0.305. The van der Waals surface area contributed by atoms with Crippen LogP contribution >= 0.6 is 0 Å². The summed E-state index contributed by atoms with van der Waals surface area (Å²) in [5.74, 6) is -0.645. The molecule has 0 saturated heterocycles. The molecule has 7 heteroatoms. The molecular formula is C11H19N5O2. The summed E-state index contributed by atoms with van der Waals surface area (Å²) in [6, 6.07) is 0. The van der Waals surface area contributed by atoms with Gasteiger partial charge >= 0.3 is 0 Å². The molecule has 0 atom stereocenters. The number of amides is 2. The van der Waals surface area contributed by atoms with Crippen LogP contribution in [0.25, 0.3) is 0 Å². The Morgan fingerprint density at radius 3 is 2.67 bits per heavy atom. The molecule has 1 aromatic rings. The monoisotopic (exact) mass is 253 g/mol. The number of nitrogens with one attached hydrogen (secondary N) is 2. The van der Waals surface area contributed by atoms with Gasteiger partial charge in [0.15, 0.2) is 0 Å². The van der Waals surface area contributed by atoms with Crippen LogP contribution in [0.2, 0.25) is 0 Å². The molecule has 1 rings (SSSR count). The van der Waals surface area contributed by atoms with Gasteiger partial charge in [-0.15, -0.1) is 0 Å². The van der Waals surface area contributed by atoms with Gasteiger partial charge in [-0.25, -0.2) is 0 Å². The van der Waals surface area contributed by atoms with Crippen LogP contribution in [0.5, 0.6) is 0 Å². The summed E-state index contributed by atoms with van der Waals surface area (Å²) in [5.41, 5.74) is 5.45. The molecule has 0 fully saturated rings. The van der Waals surface area contributed by atoms with Crippen LogP contribution in [0.1, 0.15) is 20.8 Å². The van der Waals surface area contributed by atoms with Gasteiger partial charge < -0.3 is 16.4 Å². The van der Waals surface area contributed by atoms with Gasteiger partial charge in [0.2, 0.25) is 11.8 Å². The van der Waals surface area contributed by atoms with E-state index in [1.807, 2.05) is 20.8 Å². The lowest BCUT2D eigenvalue weighted by atomic mass is 10.1. The van der Waals surface area contributed by atoms with E-state index in [0.717, 1.165) is 0 Å². The van der Waals surface area contributed by atoms with E-state index in [1.54, 1.807) is 6.20 Å². The molecule has 7 nitrogen and oxygen atoms in total. The van der Waals surface area contributed by atoms with E-state index in [-0.39, 0.29) is 24.5 Å². The van der Waals surface area contributed by atoms with Crippen molar-refractivity contribution in [3.05, 3.63) is 12.4 Å². The normalized spacial score (nSPS) is 11.3. The maximum Gasteiger partial charge on any atom is 0.239 e. The van der Waals surface area contributed by atoms with Gasteiger partial charge in [0.05, 0.1) is 18.4 Å². The van der Waals surface area contributed by atoms with Gasteiger partial charge in [-0.05, 0) is 20.8 Å². The first-order valence-electron chi connectivity index (χ1n) is 5.62. The minimum absolute atomic E-state index is 0.00386. The second-order valence-electron chi connectivity index (χ2n) is 5.04. The van der Waals surface area contributed by atoms with E-state index in [0.29, 0.717) is 5.69 Å². The topological polar surface area (TPSA) is 102 Å². The van der Waals surface area contributed by atoms with Crippen molar-refractivity contribution in [1.29, 1.82) is 0 Å². The van der Waals surface area contributed by atoms with Gasteiger partial charge in [0.1, 0.15) is 6.54 Å². The molecule has 0 radical (unpaired) electrons. The Kier molecular flexibility index (Phi) is 4.43. The van der Waals surface area contributed by atoms with Crippen molar-refractivity contribution in [3.8, 4) is 0 Å². The van der Waals surface area contributed by atoms with Gasteiger partial charge in [-0.2, -0.15) is 5.10 Å². The highest BCUT2D eigenvalue weighted by atomic mass is 16.2. The molecule has 1 aromatic heterocycles. The van der Waals surface area contributed by atoms with Crippen LogP contribution < -0.4 is 16.4 Å². The molecule has 2 amide bonds. The highest BCUT2D eigenvalue weighted by molar-refractivity contribution is 5.92. The Bertz CT molecular complexity index is 433. The fraction of sp³-hybridized carbons (Fsp3) is 0.545. The third kappa shape index (κ3) is 5.44. The minimum Gasteiger partial charge on any atom is -0.368 e. The largest absolute Gasteiger partial charge is 0.368 e. The summed E-state index contributed by atoms with van der Waals surface area (Å²) in [5, 5.41) is 9.64. The van der Waals surface area contributed by atoms with Crippen LogP contribution in [-0.4, -0.2) is 33.7 Å². The van der Waals surface area contributed by atoms with Crippen molar-refractivity contribution in [1.82, 2.24) is 15.1 Å². The van der Waals surface area contributed by atoms with E-state index in [2.05, 4.69) is 15.7 Å². The van der Waals surface area contributed by atoms with E-state index in [4.69, 9.17) is 5.73 Å². The average Bonchev–Trinajstić information content (AvgIpc) is 2.60. The standard InChI is InChI=1S/C11H19N5O2/c1-11(2,3)13-5-10(18)15-8-4-14-16(6-8)7-9(12)17/h4,6,13H,5,7H2,1-3H3,(H2,12,17)(H,15,18). The highest BCUT2D eigenvalue weighted by Gasteiger charge is 2.12. The third-order valence-corrected chi connectivity index (χ3v) is 2.01. The molecule has 18 heavy (non-hydrogen) atoms. The van der Waals surface area contributed by atoms with Crippen molar-refractivity contribution >= 4 is 17.5 Å². The van der Waals surface area contributed by atoms with Crippen LogP contribution in [-0.2, 0) is 16.1 Å². The van der Waals surface area contributed by atoms with Crippen molar-refractivity contribution in [3.63, 3.8) is 0 Å². The fourth-order valence-electron chi connectivity index (χ4n) is 1.22. The summed E-state index contributed by atoms with van der Waals surface area (Å²) < 4.78 is 1.37. The van der Waals surface area contributed by atoms with Crippen molar-refractivity contribution in [2.75, 3.05) is 11.9 Å². The third-order valence-electron chi connectivity index (χ3n) is 2.01. The molecule has 4 N–H and O–H groups in total. The van der Waals surface area contributed by atoms with Gasteiger partial charge in [-0.3, -0.25) is 14.3 Å². The molecule has 0 aromatic carbocycles. The van der Waals surface area contributed by atoms with Crippen molar-refractivity contribution < 1.29 is 9.59 Å². The molecule has 0 bridgehead atoms. The highest BCUT2D eigenvalue weighted by Crippen LogP contribution is 2.04. The summed E-state index contributed by atoms with van der Waals surface area (Å²) in [6.07, 6.45) is 3.03. The predicted molar refractivity (Wildman–Crippen MR) is 67.8 cm³/mol. The molecule has 0 saturated carbocycles. The van der Waals surface area contributed by atoms with Gasteiger partial charge in [0, 0.05) is 11.7 Å². The zero-order valence-electron chi connectivity index (χ0n) is 10.9. The average molecular weight is 253 g/mol. The Morgan fingerprint density at radius 1 is 1.44 bits per heavy atom. The number of primary amides is 1. The number of anilines is 1. The second-order valence-corrected chi connectivity index (χ2v) is 5.04. The van der Waals surface area contributed by atoms with Gasteiger partial charge in [-0.1, -0.05) is 0 Å². The van der Waals surface area contributed by atoms with Crippen LogP contribution in [0.4, 0.5) is 5.69 Å². The zero-order chi connectivity index (χ0) is 13.8. The molecular weight excluding hydrogens is 234 g/mol. The number of hydrogen-bond acceptors (Lipinski definition) is 4. The molecule has 100 valence electrons. The molecule has 0 aliphatic heterocycles. The summed E-state index contributed by atoms with van der Waals surface area (Å²) >= 11 is 0. The SMILES string of the molecule is CC(C)(C)NCC(=O)Nc1cnn(CC(N)=O)c1. The van der Waals surface area contributed by atoms with Crippen LogP contribution in [0, 0.1) is 0 Å². The number of nitrogens with zero attached hydrogens (tertiary/aromatic N) is 2. The van der Waals surface area contributed by atoms with Crippen LogP contribution in [0.15, 0.2) is 12.4 Å². The number of nitrogens with two attached hydrogens (primary N) is 1. The lowest BCUT2D eigenvalue weighted by Crippen LogP contribution is -2.41. The maximum absolute atomic E-state index is 11.6. The van der Waals surface area contributed by atoms with E-state index in [9.17, 15) is 9.59 Å². The zero-order valence-corrected chi connectivity index (χ0v) is 10.9. The second kappa shape index (κ2) is 5.63. The van der Waals surface area contributed by atoms with Crippen molar-refractivity contribution in [2.24, 2.45) is 5.73 Å². The first-order chi connectivity index (χ1) is 8.26. The minimum atomic E-state index is -0.481. The van der Waals surface area contributed by atoms with E-state index < -0.39 is 5.91 Å². The smallest absolute Gasteiger partial charge is 0.239 e. The molecule has 1 heterocycles. The molecule has 0 unspecified atom stereocenters. The Labute approximate surface area is 106 Å². The molecule has 0 aliphatic rings. The van der Waals surface area contributed by atoms with E-state index in [1.165, 1.54) is 10.9 Å². The lowest BCUT2D eigenvalue weighted by molar-refractivity contribution is -0.118. The fourth-order valence-corrected chi connectivity index (χ4v) is 1.22. The van der Waals surface area contributed by atoms with Crippen LogP contribution in [0.3, 0.4) is 0 Å². The number of rotatable bonds is 5. The number of carbonyl (C=O) groups excluding carboxylic acids is 2. The molecule has 0 spiro atoms. The maximum atomic E-state index is 11.6. The Hall–Kier alpha value is -1.89. The summed E-state index contributed by atoms with van der Waals surface area (Å²) in [7, 11) is 0. The van der Waals surface area contributed by atoms with E-state index >= 15 is 0 Å². The lowest BCUT2D eigenvalue weighted by Gasteiger charge is -2.19. The number of aromatic nitrogens is 2. The Morgan fingerprint density at radius 2 is 2.11 bits per heavy atom.